The Balaban J connectivity index is 2.81. The average Bonchev–Trinajstić information content (AvgIpc) is 2.21. The number of hydrogen-bond acceptors (Lipinski definition) is 4. The second-order valence-corrected chi connectivity index (χ2v) is 4.64. The van der Waals surface area contributed by atoms with Crippen LogP contribution in [-0.4, -0.2) is 25.1 Å². The molecule has 0 amide bonds. The highest BCUT2D eigenvalue weighted by Gasteiger charge is 2.09. The Labute approximate surface area is 95.8 Å². The molecule has 0 fully saturated rings. The third-order valence-corrected chi connectivity index (χ3v) is 3.36. The van der Waals surface area contributed by atoms with E-state index in [1.54, 1.807) is 0 Å². The molecular formula is C11H19N3S. The molecule has 0 aliphatic carbocycles. The molecule has 0 spiro atoms. The Kier molecular flexibility index (Phi) is 4.15. The number of nitrogens with two attached hydrogens (primary N) is 2. The van der Waals surface area contributed by atoms with Crippen LogP contribution in [0.25, 0.3) is 0 Å². The van der Waals surface area contributed by atoms with E-state index in [1.807, 2.05) is 30.0 Å². The summed E-state index contributed by atoms with van der Waals surface area (Å²) in [5, 5.41) is 0. The molecule has 0 bridgehead atoms. The summed E-state index contributed by atoms with van der Waals surface area (Å²) in [5.74, 6) is 1.10. The van der Waals surface area contributed by atoms with Crippen molar-refractivity contribution in [3.05, 3.63) is 18.2 Å². The summed E-state index contributed by atoms with van der Waals surface area (Å²) in [6, 6.07) is 6.27. The van der Waals surface area contributed by atoms with Crippen molar-refractivity contribution >= 4 is 28.8 Å². The Morgan fingerprint density at radius 2 is 2.00 bits per heavy atom. The molecular weight excluding hydrogens is 206 g/mol. The molecule has 4 N–H and O–H groups in total. The maximum atomic E-state index is 5.78. The third kappa shape index (κ3) is 2.96. The molecule has 0 saturated heterocycles. The maximum Gasteiger partial charge on any atom is 0.0568 e. The van der Waals surface area contributed by atoms with Crippen LogP contribution in [0.15, 0.2) is 18.2 Å². The van der Waals surface area contributed by atoms with Gasteiger partial charge < -0.3 is 16.4 Å². The number of nitrogen functional groups attached to an aromatic ring is 2. The maximum absolute atomic E-state index is 5.78. The highest BCUT2D eigenvalue weighted by molar-refractivity contribution is 7.98. The van der Waals surface area contributed by atoms with Gasteiger partial charge in [-0.1, -0.05) is 0 Å². The number of rotatable bonds is 4. The standard InChI is InChI=1S/C11H19N3S/c1-8(7-15-3)14(2)9-4-5-10(12)11(13)6-9/h4-6,8H,7,12-13H2,1-3H3. The van der Waals surface area contributed by atoms with Crippen LogP contribution < -0.4 is 16.4 Å². The van der Waals surface area contributed by atoms with Gasteiger partial charge in [0.2, 0.25) is 0 Å². The fraction of sp³-hybridized carbons (Fsp3) is 0.455. The first-order valence-electron chi connectivity index (χ1n) is 4.93. The fourth-order valence-electron chi connectivity index (χ4n) is 1.39. The molecule has 4 heteroatoms. The zero-order valence-corrected chi connectivity index (χ0v) is 10.3. The summed E-state index contributed by atoms with van der Waals surface area (Å²) in [6.45, 7) is 2.20. The van der Waals surface area contributed by atoms with Gasteiger partial charge in [-0.05, 0) is 31.4 Å². The minimum absolute atomic E-state index is 0.489. The summed E-state index contributed by atoms with van der Waals surface area (Å²) in [6.07, 6.45) is 2.11. The molecule has 1 unspecified atom stereocenters. The van der Waals surface area contributed by atoms with Crippen molar-refractivity contribution in [3.8, 4) is 0 Å². The molecule has 0 heterocycles. The molecule has 0 aliphatic heterocycles. The molecule has 1 rings (SSSR count). The topological polar surface area (TPSA) is 55.3 Å². The predicted octanol–water partition coefficient (Wildman–Crippen LogP) is 2.04. The second kappa shape index (κ2) is 5.16. The Morgan fingerprint density at radius 1 is 1.33 bits per heavy atom. The number of thioether (sulfide) groups is 1. The highest BCUT2D eigenvalue weighted by Crippen LogP contribution is 2.23. The highest BCUT2D eigenvalue weighted by atomic mass is 32.2. The van der Waals surface area contributed by atoms with Crippen LogP contribution >= 0.6 is 11.8 Å². The molecule has 0 saturated carbocycles. The summed E-state index contributed by atoms with van der Waals surface area (Å²) in [5.41, 5.74) is 13.9. The zero-order valence-electron chi connectivity index (χ0n) is 9.53. The molecule has 1 aromatic carbocycles. The number of anilines is 3. The lowest BCUT2D eigenvalue weighted by Gasteiger charge is -2.26. The first-order valence-corrected chi connectivity index (χ1v) is 6.32. The van der Waals surface area contributed by atoms with Gasteiger partial charge in [0.05, 0.1) is 11.4 Å². The quantitative estimate of drug-likeness (QED) is 0.770. The third-order valence-electron chi connectivity index (χ3n) is 2.55. The number of hydrogen-bond donors (Lipinski definition) is 2. The van der Waals surface area contributed by atoms with Crippen molar-refractivity contribution in [1.82, 2.24) is 0 Å². The van der Waals surface area contributed by atoms with Crippen LogP contribution in [0.5, 0.6) is 0 Å². The van der Waals surface area contributed by atoms with E-state index in [1.165, 1.54) is 0 Å². The molecule has 3 nitrogen and oxygen atoms in total. The monoisotopic (exact) mass is 225 g/mol. The van der Waals surface area contributed by atoms with Gasteiger partial charge in [-0.3, -0.25) is 0 Å². The molecule has 1 aromatic rings. The van der Waals surface area contributed by atoms with E-state index in [0.717, 1.165) is 11.4 Å². The van der Waals surface area contributed by atoms with Gasteiger partial charge in [0.1, 0.15) is 0 Å². The molecule has 1 atom stereocenters. The van der Waals surface area contributed by atoms with E-state index in [2.05, 4.69) is 25.1 Å². The molecule has 15 heavy (non-hydrogen) atoms. The number of nitrogens with zero attached hydrogens (tertiary/aromatic N) is 1. The van der Waals surface area contributed by atoms with Gasteiger partial charge in [0.25, 0.3) is 0 Å². The van der Waals surface area contributed by atoms with Gasteiger partial charge >= 0.3 is 0 Å². The summed E-state index contributed by atoms with van der Waals surface area (Å²) in [7, 11) is 2.08. The predicted molar refractivity (Wildman–Crippen MR) is 71.5 cm³/mol. The van der Waals surface area contributed by atoms with Crippen molar-refractivity contribution in [2.45, 2.75) is 13.0 Å². The lowest BCUT2D eigenvalue weighted by Crippen LogP contribution is -2.30. The SMILES string of the molecule is CSCC(C)N(C)c1ccc(N)c(N)c1. The van der Waals surface area contributed by atoms with Crippen molar-refractivity contribution in [1.29, 1.82) is 0 Å². The van der Waals surface area contributed by atoms with E-state index >= 15 is 0 Å². The van der Waals surface area contributed by atoms with Gasteiger partial charge in [0, 0.05) is 24.5 Å². The van der Waals surface area contributed by atoms with Gasteiger partial charge in [-0.15, -0.1) is 0 Å². The second-order valence-electron chi connectivity index (χ2n) is 3.73. The molecule has 0 aromatic heterocycles. The van der Waals surface area contributed by atoms with Gasteiger partial charge in [-0.2, -0.15) is 11.8 Å². The average molecular weight is 225 g/mol. The Hall–Kier alpha value is -1.03. The molecule has 0 aliphatic rings. The fourth-order valence-corrected chi connectivity index (χ4v) is 2.10. The number of benzene rings is 1. The van der Waals surface area contributed by atoms with Gasteiger partial charge in [0.15, 0.2) is 0 Å². The minimum atomic E-state index is 0.489. The van der Waals surface area contributed by atoms with Crippen LogP contribution in [0.4, 0.5) is 17.1 Å². The Bertz CT molecular complexity index is 328. The van der Waals surface area contributed by atoms with Crippen LogP contribution in [0.2, 0.25) is 0 Å². The first-order chi connectivity index (χ1) is 7.06. The summed E-state index contributed by atoms with van der Waals surface area (Å²) in [4.78, 5) is 2.21. The zero-order chi connectivity index (χ0) is 11.4. The van der Waals surface area contributed by atoms with Crippen LogP contribution in [-0.2, 0) is 0 Å². The van der Waals surface area contributed by atoms with Crippen LogP contribution in [0, 0.1) is 0 Å². The van der Waals surface area contributed by atoms with Crippen molar-refractivity contribution in [2.75, 3.05) is 35.4 Å². The largest absolute Gasteiger partial charge is 0.397 e. The summed E-state index contributed by atoms with van der Waals surface area (Å²) >= 11 is 1.84. The lowest BCUT2D eigenvalue weighted by atomic mass is 10.2. The normalized spacial score (nSPS) is 12.5. The van der Waals surface area contributed by atoms with E-state index in [4.69, 9.17) is 11.5 Å². The smallest absolute Gasteiger partial charge is 0.0568 e. The van der Waals surface area contributed by atoms with Gasteiger partial charge in [-0.25, -0.2) is 0 Å². The van der Waals surface area contributed by atoms with E-state index < -0.39 is 0 Å². The minimum Gasteiger partial charge on any atom is -0.397 e. The van der Waals surface area contributed by atoms with E-state index in [0.29, 0.717) is 17.4 Å². The van der Waals surface area contributed by atoms with E-state index in [-0.39, 0.29) is 0 Å². The molecule has 84 valence electrons. The van der Waals surface area contributed by atoms with Crippen molar-refractivity contribution < 1.29 is 0 Å². The van der Waals surface area contributed by atoms with Crippen LogP contribution in [0.1, 0.15) is 6.92 Å². The van der Waals surface area contributed by atoms with E-state index in [9.17, 15) is 0 Å². The molecule has 0 radical (unpaired) electrons. The lowest BCUT2D eigenvalue weighted by molar-refractivity contribution is 0.766. The Morgan fingerprint density at radius 3 is 2.53 bits per heavy atom. The first kappa shape index (κ1) is 12.0. The van der Waals surface area contributed by atoms with Crippen LogP contribution in [0.3, 0.4) is 0 Å². The van der Waals surface area contributed by atoms with Crippen molar-refractivity contribution in [2.24, 2.45) is 0 Å². The van der Waals surface area contributed by atoms with Crippen molar-refractivity contribution in [3.63, 3.8) is 0 Å². The summed E-state index contributed by atoms with van der Waals surface area (Å²) < 4.78 is 0.